The predicted octanol–water partition coefficient (Wildman–Crippen LogP) is 3.38. The van der Waals surface area contributed by atoms with Crippen LogP contribution in [0.5, 0.6) is 0 Å². The van der Waals surface area contributed by atoms with E-state index in [0.717, 1.165) is 13.1 Å². The summed E-state index contributed by atoms with van der Waals surface area (Å²) in [5.74, 6) is 0.698. The van der Waals surface area contributed by atoms with Crippen LogP contribution in [0, 0.1) is 11.3 Å². The van der Waals surface area contributed by atoms with E-state index in [-0.39, 0.29) is 0 Å². The van der Waals surface area contributed by atoms with Crippen LogP contribution in [0.25, 0.3) is 0 Å². The van der Waals surface area contributed by atoms with Gasteiger partial charge in [-0.2, -0.15) is 0 Å². The minimum absolute atomic E-state index is 0.410. The number of aromatic nitrogens is 2. The van der Waals surface area contributed by atoms with Crippen molar-refractivity contribution in [1.29, 1.82) is 0 Å². The molecule has 1 saturated carbocycles. The van der Waals surface area contributed by atoms with E-state index in [1.165, 1.54) is 25.0 Å². The molecule has 1 N–H and O–H groups in total. The molecular formula is C15H27N3. The molecule has 102 valence electrons. The summed E-state index contributed by atoms with van der Waals surface area (Å²) in [4.78, 5) is 4.35. The lowest BCUT2D eigenvalue weighted by molar-refractivity contribution is 0.255. The van der Waals surface area contributed by atoms with Crippen molar-refractivity contribution in [3.63, 3.8) is 0 Å². The molecule has 0 saturated heterocycles. The molecule has 0 spiro atoms. The number of nitrogens with zero attached hydrogens (tertiary/aromatic N) is 2. The van der Waals surface area contributed by atoms with E-state index >= 15 is 0 Å². The Morgan fingerprint density at radius 1 is 1.50 bits per heavy atom. The van der Waals surface area contributed by atoms with E-state index in [4.69, 9.17) is 0 Å². The average Bonchev–Trinajstić information content (AvgIpc) is 2.83. The second kappa shape index (κ2) is 5.43. The number of nitrogens with one attached hydrogen (secondary N) is 1. The molecule has 1 atom stereocenters. The molecule has 1 aromatic rings. The van der Waals surface area contributed by atoms with Gasteiger partial charge in [0.25, 0.3) is 0 Å². The first-order valence-corrected chi connectivity index (χ1v) is 7.22. The Labute approximate surface area is 111 Å². The third-order valence-corrected chi connectivity index (χ3v) is 4.14. The van der Waals surface area contributed by atoms with E-state index in [9.17, 15) is 0 Å². The second-order valence-corrected chi connectivity index (χ2v) is 6.71. The zero-order valence-corrected chi connectivity index (χ0v) is 12.2. The summed E-state index contributed by atoms with van der Waals surface area (Å²) in [6.45, 7) is 11.3. The molecular weight excluding hydrogens is 222 g/mol. The van der Waals surface area contributed by atoms with Gasteiger partial charge in [0, 0.05) is 18.8 Å². The molecule has 2 rings (SSSR count). The Bertz CT molecular complexity index is 379. The van der Waals surface area contributed by atoms with Crippen LogP contribution < -0.4 is 5.32 Å². The lowest BCUT2D eigenvalue weighted by atomic mass is 9.87. The molecule has 1 fully saturated rings. The molecule has 0 aromatic carbocycles. The lowest BCUT2D eigenvalue weighted by Crippen LogP contribution is -2.26. The molecule has 18 heavy (non-hydrogen) atoms. The first-order chi connectivity index (χ1) is 8.50. The summed E-state index contributed by atoms with van der Waals surface area (Å²) in [5.41, 5.74) is 1.74. The topological polar surface area (TPSA) is 29.9 Å². The van der Waals surface area contributed by atoms with Crippen LogP contribution in [-0.2, 0) is 6.54 Å². The average molecular weight is 249 g/mol. The van der Waals surface area contributed by atoms with Gasteiger partial charge in [0.2, 0.25) is 0 Å². The summed E-state index contributed by atoms with van der Waals surface area (Å²) in [5, 5.41) is 3.52. The fourth-order valence-corrected chi connectivity index (χ4v) is 3.06. The van der Waals surface area contributed by atoms with Gasteiger partial charge in [0.1, 0.15) is 0 Å². The maximum atomic E-state index is 4.35. The van der Waals surface area contributed by atoms with Crippen LogP contribution in [0.3, 0.4) is 0 Å². The monoisotopic (exact) mass is 249 g/mol. The Balaban J connectivity index is 2.03. The molecule has 3 heteroatoms. The van der Waals surface area contributed by atoms with Crippen molar-refractivity contribution in [2.24, 2.45) is 11.3 Å². The van der Waals surface area contributed by atoms with Crippen molar-refractivity contribution in [3.05, 3.63) is 18.2 Å². The number of hydrogen-bond donors (Lipinski definition) is 1. The molecule has 0 amide bonds. The van der Waals surface area contributed by atoms with Gasteiger partial charge < -0.3 is 9.88 Å². The highest BCUT2D eigenvalue weighted by Crippen LogP contribution is 2.46. The van der Waals surface area contributed by atoms with Crippen LogP contribution in [-0.4, -0.2) is 16.1 Å². The first kappa shape index (κ1) is 13.6. The maximum absolute atomic E-state index is 4.35. The van der Waals surface area contributed by atoms with Crippen molar-refractivity contribution in [2.75, 3.05) is 6.54 Å². The molecule has 0 aliphatic heterocycles. The van der Waals surface area contributed by atoms with Crippen LogP contribution in [0.15, 0.2) is 12.5 Å². The van der Waals surface area contributed by atoms with Crippen LogP contribution >= 0.6 is 0 Å². The van der Waals surface area contributed by atoms with Gasteiger partial charge in [-0.05, 0) is 30.7 Å². The Morgan fingerprint density at radius 2 is 2.28 bits per heavy atom. The SMILES string of the molecule is CC(C)CNCc1cncn1C1CCCC1(C)C. The van der Waals surface area contributed by atoms with Gasteiger partial charge in [-0.15, -0.1) is 0 Å². The Kier molecular flexibility index (Phi) is 4.10. The summed E-state index contributed by atoms with van der Waals surface area (Å²) < 4.78 is 2.40. The van der Waals surface area contributed by atoms with E-state index in [1.807, 2.05) is 12.5 Å². The van der Waals surface area contributed by atoms with Crippen molar-refractivity contribution in [2.45, 2.75) is 59.5 Å². The zero-order valence-electron chi connectivity index (χ0n) is 12.2. The van der Waals surface area contributed by atoms with Crippen molar-refractivity contribution >= 4 is 0 Å². The van der Waals surface area contributed by atoms with Crippen molar-refractivity contribution in [1.82, 2.24) is 14.9 Å². The minimum atomic E-state index is 0.410. The Morgan fingerprint density at radius 3 is 2.89 bits per heavy atom. The molecule has 1 aromatic heterocycles. The first-order valence-electron chi connectivity index (χ1n) is 7.22. The van der Waals surface area contributed by atoms with Gasteiger partial charge in [-0.25, -0.2) is 4.98 Å². The van der Waals surface area contributed by atoms with Crippen LogP contribution in [0.1, 0.15) is 58.7 Å². The molecule has 0 bridgehead atoms. The highest BCUT2D eigenvalue weighted by molar-refractivity contribution is 5.04. The number of rotatable bonds is 5. The predicted molar refractivity (Wildman–Crippen MR) is 75.4 cm³/mol. The highest BCUT2D eigenvalue weighted by Gasteiger charge is 2.36. The number of hydrogen-bond acceptors (Lipinski definition) is 2. The molecule has 1 heterocycles. The van der Waals surface area contributed by atoms with Gasteiger partial charge in [0.15, 0.2) is 0 Å². The largest absolute Gasteiger partial charge is 0.330 e. The smallest absolute Gasteiger partial charge is 0.0951 e. The quantitative estimate of drug-likeness (QED) is 0.867. The molecule has 1 aliphatic rings. The standard InChI is InChI=1S/C15H27N3/c1-12(2)8-16-9-13-10-17-11-18(13)14-6-5-7-15(14,3)4/h10-12,14,16H,5-9H2,1-4H3. The maximum Gasteiger partial charge on any atom is 0.0951 e. The van der Waals surface area contributed by atoms with Gasteiger partial charge in [0.05, 0.1) is 12.0 Å². The summed E-state index contributed by atoms with van der Waals surface area (Å²) in [6.07, 6.45) is 8.00. The lowest BCUT2D eigenvalue weighted by Gasteiger charge is -2.29. The van der Waals surface area contributed by atoms with E-state index < -0.39 is 0 Å². The third kappa shape index (κ3) is 2.94. The van der Waals surface area contributed by atoms with Crippen LogP contribution in [0.2, 0.25) is 0 Å². The van der Waals surface area contributed by atoms with Gasteiger partial charge in [-0.1, -0.05) is 34.1 Å². The summed E-state index contributed by atoms with van der Waals surface area (Å²) in [6, 6.07) is 0.621. The van der Waals surface area contributed by atoms with E-state index in [2.05, 4.69) is 42.6 Å². The fourth-order valence-electron chi connectivity index (χ4n) is 3.06. The zero-order chi connectivity index (χ0) is 13.2. The highest BCUT2D eigenvalue weighted by atomic mass is 15.1. The van der Waals surface area contributed by atoms with E-state index in [0.29, 0.717) is 17.4 Å². The summed E-state index contributed by atoms with van der Waals surface area (Å²) in [7, 11) is 0. The van der Waals surface area contributed by atoms with Crippen molar-refractivity contribution in [3.8, 4) is 0 Å². The summed E-state index contributed by atoms with van der Waals surface area (Å²) >= 11 is 0. The third-order valence-electron chi connectivity index (χ3n) is 4.14. The van der Waals surface area contributed by atoms with Gasteiger partial charge >= 0.3 is 0 Å². The van der Waals surface area contributed by atoms with E-state index in [1.54, 1.807) is 0 Å². The normalized spacial score (nSPS) is 22.8. The second-order valence-electron chi connectivity index (χ2n) is 6.71. The molecule has 1 aliphatic carbocycles. The van der Waals surface area contributed by atoms with Gasteiger partial charge in [-0.3, -0.25) is 0 Å². The Hall–Kier alpha value is -0.830. The van der Waals surface area contributed by atoms with Crippen LogP contribution in [0.4, 0.5) is 0 Å². The fraction of sp³-hybridized carbons (Fsp3) is 0.800. The number of imidazole rings is 1. The van der Waals surface area contributed by atoms with Crippen molar-refractivity contribution < 1.29 is 0 Å². The minimum Gasteiger partial charge on any atom is -0.330 e. The molecule has 1 unspecified atom stereocenters. The molecule has 3 nitrogen and oxygen atoms in total. The molecule has 0 radical (unpaired) electrons.